The first-order valence-electron chi connectivity index (χ1n) is 7.95. The van der Waals surface area contributed by atoms with E-state index in [2.05, 4.69) is 10.3 Å². The normalized spacial score (nSPS) is 24.6. The van der Waals surface area contributed by atoms with Crippen LogP contribution in [0.25, 0.3) is 0 Å². The van der Waals surface area contributed by atoms with Crippen molar-refractivity contribution >= 4 is 5.91 Å². The van der Waals surface area contributed by atoms with Gasteiger partial charge < -0.3 is 16.0 Å². The largest absolute Gasteiger partial charge is 0.349 e. The molecule has 0 spiro atoms. The average Bonchev–Trinajstić information content (AvgIpc) is 2.93. The van der Waals surface area contributed by atoms with Crippen LogP contribution in [0, 0.1) is 5.92 Å². The Balaban J connectivity index is 1.80. The molecule has 5 nitrogen and oxygen atoms in total. The van der Waals surface area contributed by atoms with Crippen molar-refractivity contribution in [3.05, 3.63) is 33.2 Å². The Labute approximate surface area is 124 Å². The van der Waals surface area contributed by atoms with Crippen molar-refractivity contribution < 1.29 is 4.79 Å². The zero-order valence-electron chi connectivity index (χ0n) is 12.3. The summed E-state index contributed by atoms with van der Waals surface area (Å²) in [4.78, 5) is 27.4. The molecule has 0 bridgehead atoms. The van der Waals surface area contributed by atoms with E-state index in [1.165, 1.54) is 0 Å². The summed E-state index contributed by atoms with van der Waals surface area (Å²) in [5.74, 6) is 0.0839. The second-order valence-corrected chi connectivity index (χ2v) is 6.23. The van der Waals surface area contributed by atoms with Crippen molar-refractivity contribution in [2.45, 2.75) is 51.0 Å². The highest BCUT2D eigenvalue weighted by atomic mass is 16.2. The Kier molecular flexibility index (Phi) is 4.10. The van der Waals surface area contributed by atoms with E-state index in [4.69, 9.17) is 5.73 Å². The van der Waals surface area contributed by atoms with Crippen LogP contribution in [-0.2, 0) is 12.8 Å². The molecule has 3 rings (SSSR count). The number of carbonyl (C=O) groups excluding carboxylic acids is 1. The fourth-order valence-electron chi connectivity index (χ4n) is 3.60. The number of aromatic amines is 1. The number of hydrogen-bond donors (Lipinski definition) is 3. The molecule has 21 heavy (non-hydrogen) atoms. The molecule has 0 radical (unpaired) electrons. The highest BCUT2D eigenvalue weighted by Gasteiger charge is 2.28. The van der Waals surface area contributed by atoms with Gasteiger partial charge in [-0.1, -0.05) is 6.42 Å². The van der Waals surface area contributed by atoms with Crippen LogP contribution in [0.1, 0.15) is 53.7 Å². The first-order chi connectivity index (χ1) is 10.2. The fourth-order valence-corrected chi connectivity index (χ4v) is 3.60. The first kappa shape index (κ1) is 14.3. The number of fused-ring (bicyclic) bond motifs is 1. The van der Waals surface area contributed by atoms with Crippen LogP contribution >= 0.6 is 0 Å². The highest BCUT2D eigenvalue weighted by molar-refractivity contribution is 5.94. The molecule has 0 aromatic carbocycles. The lowest BCUT2D eigenvalue weighted by atomic mass is 9.95. The van der Waals surface area contributed by atoms with Gasteiger partial charge in [-0.25, -0.2) is 0 Å². The summed E-state index contributed by atoms with van der Waals surface area (Å²) >= 11 is 0. The Morgan fingerprint density at radius 1 is 1.29 bits per heavy atom. The number of pyridine rings is 1. The smallest absolute Gasteiger partial charge is 0.261 e. The Morgan fingerprint density at radius 3 is 2.90 bits per heavy atom. The van der Waals surface area contributed by atoms with Gasteiger partial charge in [-0.15, -0.1) is 0 Å². The summed E-state index contributed by atoms with van der Waals surface area (Å²) in [6.07, 6.45) is 7.18. The van der Waals surface area contributed by atoms with Gasteiger partial charge in [0.15, 0.2) is 0 Å². The number of amides is 1. The van der Waals surface area contributed by atoms with Gasteiger partial charge in [-0.2, -0.15) is 0 Å². The molecule has 1 fully saturated rings. The monoisotopic (exact) mass is 289 g/mol. The summed E-state index contributed by atoms with van der Waals surface area (Å²) in [5, 5.41) is 3.00. The molecule has 1 aromatic heterocycles. The van der Waals surface area contributed by atoms with E-state index in [1.807, 2.05) is 0 Å². The van der Waals surface area contributed by atoms with E-state index in [-0.39, 0.29) is 23.1 Å². The van der Waals surface area contributed by atoms with Crippen LogP contribution < -0.4 is 16.6 Å². The predicted molar refractivity (Wildman–Crippen MR) is 81.4 cm³/mol. The van der Waals surface area contributed by atoms with E-state index < -0.39 is 0 Å². The maximum Gasteiger partial charge on any atom is 0.261 e. The van der Waals surface area contributed by atoms with Crippen molar-refractivity contribution in [2.75, 3.05) is 6.54 Å². The van der Waals surface area contributed by atoms with Crippen molar-refractivity contribution in [3.8, 4) is 0 Å². The fraction of sp³-hybridized carbons (Fsp3) is 0.625. The van der Waals surface area contributed by atoms with Gasteiger partial charge in [0.05, 0.1) is 0 Å². The summed E-state index contributed by atoms with van der Waals surface area (Å²) in [6, 6.07) is 1.90. The van der Waals surface area contributed by atoms with Crippen molar-refractivity contribution in [1.29, 1.82) is 0 Å². The predicted octanol–water partition coefficient (Wildman–Crippen LogP) is 1.11. The van der Waals surface area contributed by atoms with Gasteiger partial charge >= 0.3 is 0 Å². The van der Waals surface area contributed by atoms with E-state index in [0.717, 1.165) is 56.2 Å². The molecule has 1 aromatic rings. The summed E-state index contributed by atoms with van der Waals surface area (Å²) in [7, 11) is 0. The zero-order valence-corrected chi connectivity index (χ0v) is 12.3. The number of hydrogen-bond acceptors (Lipinski definition) is 3. The third kappa shape index (κ3) is 2.88. The third-order valence-corrected chi connectivity index (χ3v) is 4.86. The molecule has 114 valence electrons. The first-order valence-corrected chi connectivity index (χ1v) is 7.95. The molecule has 2 aliphatic carbocycles. The molecular weight excluding hydrogens is 266 g/mol. The van der Waals surface area contributed by atoms with Crippen LogP contribution in [0.4, 0.5) is 0 Å². The van der Waals surface area contributed by atoms with Crippen LogP contribution in [0.2, 0.25) is 0 Å². The summed E-state index contributed by atoms with van der Waals surface area (Å²) in [5.41, 5.74) is 7.84. The van der Waals surface area contributed by atoms with Crippen LogP contribution in [0.5, 0.6) is 0 Å². The number of aromatic nitrogens is 1. The lowest BCUT2D eigenvalue weighted by Gasteiger charge is -2.20. The molecule has 0 saturated heterocycles. The molecule has 4 N–H and O–H groups in total. The van der Waals surface area contributed by atoms with E-state index in [0.29, 0.717) is 12.5 Å². The third-order valence-electron chi connectivity index (χ3n) is 4.86. The maximum absolute atomic E-state index is 12.4. The number of nitrogens with two attached hydrogens (primary N) is 1. The van der Waals surface area contributed by atoms with Gasteiger partial charge in [-0.05, 0) is 62.6 Å². The molecule has 2 aliphatic rings. The SMILES string of the molecule is NCC1CCCC1NC(=O)c1cc2c([nH]c1=O)CCCC2. The number of nitrogens with one attached hydrogen (secondary N) is 2. The van der Waals surface area contributed by atoms with Crippen LogP contribution in [0.15, 0.2) is 10.9 Å². The minimum atomic E-state index is -0.268. The molecule has 5 heteroatoms. The second-order valence-electron chi connectivity index (χ2n) is 6.23. The lowest BCUT2D eigenvalue weighted by Crippen LogP contribution is -2.41. The quantitative estimate of drug-likeness (QED) is 0.779. The van der Waals surface area contributed by atoms with Gasteiger partial charge in [0.2, 0.25) is 0 Å². The Bertz CT molecular complexity index is 594. The second kappa shape index (κ2) is 6.02. The maximum atomic E-state index is 12.4. The molecule has 1 amide bonds. The van der Waals surface area contributed by atoms with E-state index in [9.17, 15) is 9.59 Å². The Hall–Kier alpha value is -1.62. The van der Waals surface area contributed by atoms with Crippen LogP contribution in [-0.4, -0.2) is 23.5 Å². The minimum absolute atomic E-state index is 0.109. The molecule has 0 aliphatic heterocycles. The van der Waals surface area contributed by atoms with Gasteiger partial charge in [0, 0.05) is 11.7 Å². The molecule has 2 unspecified atom stereocenters. The van der Waals surface area contributed by atoms with Gasteiger partial charge in [0.1, 0.15) is 5.56 Å². The average molecular weight is 289 g/mol. The van der Waals surface area contributed by atoms with Gasteiger partial charge in [-0.3, -0.25) is 9.59 Å². The van der Waals surface area contributed by atoms with Crippen molar-refractivity contribution in [2.24, 2.45) is 11.7 Å². The molecular formula is C16H23N3O2. The molecule has 1 saturated carbocycles. The topological polar surface area (TPSA) is 88.0 Å². The molecule has 2 atom stereocenters. The van der Waals surface area contributed by atoms with E-state index >= 15 is 0 Å². The van der Waals surface area contributed by atoms with E-state index in [1.54, 1.807) is 6.07 Å². The summed E-state index contributed by atoms with van der Waals surface area (Å²) in [6.45, 7) is 0.589. The summed E-state index contributed by atoms with van der Waals surface area (Å²) < 4.78 is 0. The van der Waals surface area contributed by atoms with Crippen molar-refractivity contribution in [3.63, 3.8) is 0 Å². The number of rotatable bonds is 3. The Morgan fingerprint density at radius 2 is 2.10 bits per heavy atom. The number of carbonyl (C=O) groups is 1. The van der Waals surface area contributed by atoms with Crippen LogP contribution in [0.3, 0.4) is 0 Å². The van der Waals surface area contributed by atoms with Crippen molar-refractivity contribution in [1.82, 2.24) is 10.3 Å². The molecule has 1 heterocycles. The lowest BCUT2D eigenvalue weighted by molar-refractivity contribution is 0.0927. The minimum Gasteiger partial charge on any atom is -0.349 e. The zero-order chi connectivity index (χ0) is 14.8. The highest BCUT2D eigenvalue weighted by Crippen LogP contribution is 2.25. The standard InChI is InChI=1S/C16H23N3O2/c17-9-11-5-3-7-14(11)19-16(21)12-8-10-4-1-2-6-13(10)18-15(12)20/h8,11,14H,1-7,9,17H2,(H,18,20)(H,19,21). The number of H-pyrrole nitrogens is 1. The van der Waals surface area contributed by atoms with Gasteiger partial charge in [0.25, 0.3) is 11.5 Å². The number of aryl methyl sites for hydroxylation is 2.